The molecule has 0 saturated heterocycles. The van der Waals surface area contributed by atoms with E-state index >= 15 is 0 Å². The highest BCUT2D eigenvalue weighted by molar-refractivity contribution is 7.11. The predicted octanol–water partition coefficient (Wildman–Crippen LogP) is 3.15. The minimum absolute atomic E-state index is 0.0857. The fourth-order valence-electron chi connectivity index (χ4n) is 1.80. The van der Waals surface area contributed by atoms with Gasteiger partial charge in [0.2, 0.25) is 0 Å². The highest BCUT2D eigenvalue weighted by Crippen LogP contribution is 2.38. The highest BCUT2D eigenvalue weighted by Gasteiger charge is 2.18. The molecule has 102 valence electrons. The summed E-state index contributed by atoms with van der Waals surface area (Å²) in [4.78, 5) is 2.11. The van der Waals surface area contributed by atoms with E-state index in [1.807, 2.05) is 39.1 Å². The predicted molar refractivity (Wildman–Crippen MR) is 80.8 cm³/mol. The fourth-order valence-corrected chi connectivity index (χ4v) is 2.51. The average molecular weight is 277 g/mol. The summed E-state index contributed by atoms with van der Waals surface area (Å²) in [5.74, 6) is 1.16. The third kappa shape index (κ3) is 3.38. The summed E-state index contributed by atoms with van der Waals surface area (Å²) in [6.07, 6.45) is 0.0857. The lowest BCUT2D eigenvalue weighted by Gasteiger charge is -2.19. The number of rotatable bonds is 5. The van der Waals surface area contributed by atoms with Crippen LogP contribution in [-0.4, -0.2) is 17.5 Å². The molecule has 0 spiro atoms. The normalized spacial score (nSPS) is 10.7. The van der Waals surface area contributed by atoms with E-state index in [0.29, 0.717) is 11.6 Å². The molecule has 0 aliphatic rings. The Kier molecular flexibility index (Phi) is 4.27. The molecule has 0 saturated carbocycles. The quantitative estimate of drug-likeness (QED) is 0.912. The van der Waals surface area contributed by atoms with Gasteiger partial charge in [0, 0.05) is 13.6 Å². The van der Waals surface area contributed by atoms with E-state index in [1.54, 1.807) is 0 Å². The number of nitrogen functional groups attached to an aromatic ring is 1. The molecule has 0 radical (unpaired) electrons. The lowest BCUT2D eigenvalue weighted by molar-refractivity contribution is 0.245. The number of hydrogen-bond acceptors (Lipinski definition) is 5. The molecule has 1 aromatic carbocycles. The van der Waals surface area contributed by atoms with E-state index < -0.39 is 0 Å². The maximum absolute atomic E-state index is 5.87. The fraction of sp³-hybridized carbons (Fsp3) is 0.357. The van der Waals surface area contributed by atoms with Crippen molar-refractivity contribution in [3.63, 3.8) is 0 Å². The van der Waals surface area contributed by atoms with Crippen LogP contribution < -0.4 is 15.4 Å². The third-order valence-corrected chi connectivity index (χ3v) is 3.58. The first-order valence-corrected chi connectivity index (χ1v) is 7.02. The molecule has 4 nitrogen and oxygen atoms in total. The zero-order chi connectivity index (χ0) is 13.8. The molecule has 1 heterocycles. The maximum Gasteiger partial charge on any atom is 0.198 e. The standard InChI is InChI=1S/C14H19N3OS/c1-10(2)18-12-13(15)16-19-14(12)17(3)9-11-7-5-4-6-8-11/h4-8,10H,9H2,1-3H3,(H2,15,16). The first-order chi connectivity index (χ1) is 9.08. The van der Waals surface area contributed by atoms with E-state index in [9.17, 15) is 0 Å². The van der Waals surface area contributed by atoms with Gasteiger partial charge in [-0.1, -0.05) is 30.3 Å². The molecule has 2 N–H and O–H groups in total. The molecule has 0 unspecified atom stereocenters. The molecule has 0 atom stereocenters. The van der Waals surface area contributed by atoms with Gasteiger partial charge in [-0.15, -0.1) is 0 Å². The number of benzene rings is 1. The molecular weight excluding hydrogens is 258 g/mol. The number of nitrogens with two attached hydrogens (primary N) is 1. The molecule has 0 amide bonds. The summed E-state index contributed by atoms with van der Waals surface area (Å²) >= 11 is 1.37. The van der Waals surface area contributed by atoms with Gasteiger partial charge in [-0.3, -0.25) is 0 Å². The second kappa shape index (κ2) is 5.93. The van der Waals surface area contributed by atoms with E-state index in [0.717, 1.165) is 11.5 Å². The van der Waals surface area contributed by atoms with Crippen LogP contribution in [0.5, 0.6) is 5.75 Å². The average Bonchev–Trinajstić information content (AvgIpc) is 2.72. The smallest absolute Gasteiger partial charge is 0.198 e. The lowest BCUT2D eigenvalue weighted by atomic mass is 10.2. The summed E-state index contributed by atoms with van der Waals surface area (Å²) in [6.45, 7) is 4.77. The number of hydrogen-bond donors (Lipinski definition) is 1. The van der Waals surface area contributed by atoms with Crippen molar-refractivity contribution < 1.29 is 4.74 Å². The minimum Gasteiger partial charge on any atom is -0.484 e. The van der Waals surface area contributed by atoms with Crippen LogP contribution in [-0.2, 0) is 6.54 Å². The monoisotopic (exact) mass is 277 g/mol. The Labute approximate surface area is 118 Å². The molecule has 19 heavy (non-hydrogen) atoms. The van der Waals surface area contributed by atoms with Crippen LogP contribution in [0.3, 0.4) is 0 Å². The zero-order valence-corrected chi connectivity index (χ0v) is 12.3. The van der Waals surface area contributed by atoms with Crippen molar-refractivity contribution in [1.29, 1.82) is 0 Å². The summed E-state index contributed by atoms with van der Waals surface area (Å²) in [5.41, 5.74) is 7.11. The molecule has 0 fully saturated rings. The van der Waals surface area contributed by atoms with Gasteiger partial charge in [0.1, 0.15) is 0 Å². The Bertz CT molecular complexity index is 525. The number of ether oxygens (including phenoxy) is 1. The van der Waals surface area contributed by atoms with Crippen LogP contribution >= 0.6 is 11.5 Å². The third-order valence-electron chi connectivity index (χ3n) is 2.62. The van der Waals surface area contributed by atoms with Crippen molar-refractivity contribution in [3.8, 4) is 5.75 Å². The second-order valence-electron chi connectivity index (χ2n) is 4.71. The van der Waals surface area contributed by atoms with Gasteiger partial charge in [-0.25, -0.2) is 0 Å². The number of aromatic nitrogens is 1. The van der Waals surface area contributed by atoms with Crippen LogP contribution in [0.1, 0.15) is 19.4 Å². The molecule has 2 rings (SSSR count). The first-order valence-electron chi connectivity index (χ1n) is 6.24. The molecular formula is C14H19N3OS. The maximum atomic E-state index is 5.87. The molecule has 0 bridgehead atoms. The molecule has 0 aliphatic carbocycles. The van der Waals surface area contributed by atoms with Crippen molar-refractivity contribution in [2.24, 2.45) is 0 Å². The van der Waals surface area contributed by atoms with Crippen LogP contribution in [0.2, 0.25) is 0 Å². The summed E-state index contributed by atoms with van der Waals surface area (Å²) < 4.78 is 9.94. The Balaban J connectivity index is 2.17. The van der Waals surface area contributed by atoms with Gasteiger partial charge in [-0.05, 0) is 30.9 Å². The Hall–Kier alpha value is -1.75. The molecule has 5 heteroatoms. The SMILES string of the molecule is CC(C)Oc1c(N)nsc1N(C)Cc1ccccc1. The van der Waals surface area contributed by atoms with Crippen LogP contribution in [0.25, 0.3) is 0 Å². The van der Waals surface area contributed by atoms with Gasteiger partial charge in [-0.2, -0.15) is 4.37 Å². The van der Waals surface area contributed by atoms with Crippen molar-refractivity contribution in [1.82, 2.24) is 4.37 Å². The molecule has 2 aromatic rings. The van der Waals surface area contributed by atoms with Gasteiger partial charge < -0.3 is 15.4 Å². The van der Waals surface area contributed by atoms with Crippen LogP contribution in [0, 0.1) is 0 Å². The van der Waals surface area contributed by atoms with Gasteiger partial charge in [0.15, 0.2) is 16.6 Å². The van der Waals surface area contributed by atoms with E-state index in [1.165, 1.54) is 17.1 Å². The van der Waals surface area contributed by atoms with Crippen molar-refractivity contribution in [2.75, 3.05) is 17.7 Å². The Morgan fingerprint density at radius 3 is 2.63 bits per heavy atom. The minimum atomic E-state index is 0.0857. The van der Waals surface area contributed by atoms with E-state index in [-0.39, 0.29) is 6.10 Å². The first kappa shape index (κ1) is 13.7. The van der Waals surface area contributed by atoms with Crippen molar-refractivity contribution >= 4 is 22.4 Å². The second-order valence-corrected chi connectivity index (χ2v) is 5.46. The van der Waals surface area contributed by atoms with Gasteiger partial charge >= 0.3 is 0 Å². The largest absolute Gasteiger partial charge is 0.484 e. The van der Waals surface area contributed by atoms with Crippen LogP contribution in [0.4, 0.5) is 10.8 Å². The van der Waals surface area contributed by atoms with Gasteiger partial charge in [0.05, 0.1) is 6.10 Å². The van der Waals surface area contributed by atoms with Crippen molar-refractivity contribution in [3.05, 3.63) is 35.9 Å². The highest BCUT2D eigenvalue weighted by atomic mass is 32.1. The Morgan fingerprint density at radius 2 is 2.00 bits per heavy atom. The van der Waals surface area contributed by atoms with Crippen LogP contribution in [0.15, 0.2) is 30.3 Å². The summed E-state index contributed by atoms with van der Waals surface area (Å²) in [6, 6.07) is 10.3. The topological polar surface area (TPSA) is 51.4 Å². The van der Waals surface area contributed by atoms with Crippen molar-refractivity contribution in [2.45, 2.75) is 26.5 Å². The molecule has 0 aliphatic heterocycles. The molecule has 1 aromatic heterocycles. The summed E-state index contributed by atoms with van der Waals surface area (Å²) in [5, 5.41) is 0.968. The summed E-state index contributed by atoms with van der Waals surface area (Å²) in [7, 11) is 2.02. The van der Waals surface area contributed by atoms with E-state index in [2.05, 4.69) is 21.4 Å². The van der Waals surface area contributed by atoms with Gasteiger partial charge in [0.25, 0.3) is 0 Å². The lowest BCUT2D eigenvalue weighted by Crippen LogP contribution is -2.17. The number of anilines is 2. The zero-order valence-electron chi connectivity index (χ0n) is 11.5. The van der Waals surface area contributed by atoms with E-state index in [4.69, 9.17) is 10.5 Å². The number of nitrogens with zero attached hydrogens (tertiary/aromatic N) is 2. The Morgan fingerprint density at radius 1 is 1.32 bits per heavy atom.